The van der Waals surface area contributed by atoms with Gasteiger partial charge in [-0.05, 0) is 51.3 Å². The molecular weight excluding hydrogens is 410 g/mol. The average molecular weight is 437 g/mol. The molecule has 0 aliphatic heterocycles. The van der Waals surface area contributed by atoms with E-state index in [1.165, 1.54) is 7.11 Å². The van der Waals surface area contributed by atoms with Gasteiger partial charge in [0, 0.05) is 0 Å². The molecule has 1 rings (SSSR count). The SMILES string of the molecule is [C-]#[N+]C(=C(C#N)C#N)c1ccc(OCCOC(=O)C(C)(C)CC(C)(CC)C(=O)OC)cc1. The van der Waals surface area contributed by atoms with E-state index in [-0.39, 0.29) is 36.9 Å². The maximum atomic E-state index is 12.5. The minimum absolute atomic E-state index is 0.0191. The zero-order valence-electron chi connectivity index (χ0n) is 19.0. The van der Waals surface area contributed by atoms with Crippen LogP contribution in [-0.4, -0.2) is 32.3 Å². The lowest BCUT2D eigenvalue weighted by Gasteiger charge is -2.33. The third-order valence-electron chi connectivity index (χ3n) is 5.13. The van der Waals surface area contributed by atoms with E-state index in [9.17, 15) is 9.59 Å². The summed E-state index contributed by atoms with van der Waals surface area (Å²) in [6.45, 7) is 14.4. The van der Waals surface area contributed by atoms with Crippen LogP contribution >= 0.6 is 0 Å². The Labute approximate surface area is 188 Å². The van der Waals surface area contributed by atoms with Gasteiger partial charge in [0.1, 0.15) is 24.5 Å². The fourth-order valence-electron chi connectivity index (χ4n) is 3.23. The van der Waals surface area contributed by atoms with Crippen molar-refractivity contribution in [2.75, 3.05) is 20.3 Å². The molecule has 0 saturated carbocycles. The summed E-state index contributed by atoms with van der Waals surface area (Å²) in [4.78, 5) is 27.9. The minimum atomic E-state index is -0.887. The molecule has 0 amide bonds. The predicted molar refractivity (Wildman–Crippen MR) is 116 cm³/mol. The molecule has 0 radical (unpaired) electrons. The molecule has 0 fully saturated rings. The number of carbonyl (C=O) groups excluding carboxylic acids is 2. The van der Waals surface area contributed by atoms with Crippen molar-refractivity contribution >= 4 is 17.6 Å². The number of esters is 2. The van der Waals surface area contributed by atoms with Crippen LogP contribution in [0.2, 0.25) is 0 Å². The minimum Gasteiger partial charge on any atom is -0.490 e. The Morgan fingerprint density at radius 2 is 1.66 bits per heavy atom. The molecule has 1 aromatic carbocycles. The lowest BCUT2D eigenvalue weighted by Crippen LogP contribution is -2.38. The van der Waals surface area contributed by atoms with Gasteiger partial charge in [0.05, 0.1) is 36.7 Å². The first-order valence-corrected chi connectivity index (χ1v) is 9.99. The highest BCUT2D eigenvalue weighted by Gasteiger charge is 2.42. The Morgan fingerprint density at radius 3 is 2.12 bits per heavy atom. The quantitative estimate of drug-likeness (QED) is 0.232. The average Bonchev–Trinajstić information content (AvgIpc) is 2.79. The third kappa shape index (κ3) is 6.59. The summed E-state index contributed by atoms with van der Waals surface area (Å²) in [6.07, 6.45) is 0.818. The fraction of sp³-hybridized carbons (Fsp3) is 0.458. The predicted octanol–water partition coefficient (Wildman–Crippen LogP) is 4.29. The van der Waals surface area contributed by atoms with Crippen molar-refractivity contribution in [3.8, 4) is 17.9 Å². The van der Waals surface area contributed by atoms with Crippen LogP contribution < -0.4 is 4.74 Å². The molecule has 0 bridgehead atoms. The van der Waals surface area contributed by atoms with E-state index in [4.69, 9.17) is 31.3 Å². The maximum absolute atomic E-state index is 12.5. The van der Waals surface area contributed by atoms with E-state index in [1.54, 1.807) is 57.2 Å². The van der Waals surface area contributed by atoms with Crippen LogP contribution in [0.4, 0.5) is 0 Å². The van der Waals surface area contributed by atoms with Gasteiger partial charge in [-0.1, -0.05) is 19.1 Å². The molecule has 0 aliphatic carbocycles. The molecule has 0 aliphatic rings. The molecular formula is C24H27N3O5. The Morgan fingerprint density at radius 1 is 1.06 bits per heavy atom. The van der Waals surface area contributed by atoms with E-state index >= 15 is 0 Å². The molecule has 8 nitrogen and oxygen atoms in total. The topological polar surface area (TPSA) is 114 Å². The summed E-state index contributed by atoms with van der Waals surface area (Å²) in [5.41, 5.74) is -1.52. The number of hydrogen-bond acceptors (Lipinski definition) is 7. The number of hydrogen-bond donors (Lipinski definition) is 0. The van der Waals surface area contributed by atoms with E-state index in [1.807, 2.05) is 6.92 Å². The molecule has 1 atom stereocenters. The van der Waals surface area contributed by atoms with Gasteiger partial charge in [0.25, 0.3) is 0 Å². The van der Waals surface area contributed by atoms with E-state index in [2.05, 4.69) is 4.85 Å². The summed E-state index contributed by atoms with van der Waals surface area (Å²) < 4.78 is 15.8. The monoisotopic (exact) mass is 437 g/mol. The lowest BCUT2D eigenvalue weighted by molar-refractivity contribution is -0.162. The van der Waals surface area contributed by atoms with Crippen molar-refractivity contribution in [3.05, 3.63) is 46.8 Å². The molecule has 0 saturated heterocycles. The molecule has 1 aromatic rings. The Balaban J connectivity index is 2.67. The van der Waals surface area contributed by atoms with Crippen LogP contribution in [0.5, 0.6) is 5.75 Å². The van der Waals surface area contributed by atoms with Crippen LogP contribution in [0.15, 0.2) is 29.8 Å². The van der Waals surface area contributed by atoms with Crippen LogP contribution in [-0.2, 0) is 19.1 Å². The highest BCUT2D eigenvalue weighted by atomic mass is 16.6. The van der Waals surface area contributed by atoms with Gasteiger partial charge in [0.15, 0.2) is 0 Å². The van der Waals surface area contributed by atoms with Gasteiger partial charge >= 0.3 is 11.9 Å². The van der Waals surface area contributed by atoms with Crippen molar-refractivity contribution < 1.29 is 23.8 Å². The highest BCUT2D eigenvalue weighted by molar-refractivity contribution is 5.80. The van der Waals surface area contributed by atoms with Crippen LogP contribution in [0.1, 0.15) is 46.1 Å². The summed E-state index contributed by atoms with van der Waals surface area (Å²) in [5.74, 6) is -0.318. The van der Waals surface area contributed by atoms with Crippen LogP contribution in [0, 0.1) is 40.1 Å². The molecule has 0 spiro atoms. The Hall–Kier alpha value is -3.83. The second-order valence-electron chi connectivity index (χ2n) is 8.03. The molecule has 1 unspecified atom stereocenters. The first-order valence-electron chi connectivity index (χ1n) is 9.99. The van der Waals surface area contributed by atoms with Crippen molar-refractivity contribution in [2.45, 2.75) is 40.5 Å². The van der Waals surface area contributed by atoms with Crippen molar-refractivity contribution in [2.24, 2.45) is 10.8 Å². The van der Waals surface area contributed by atoms with Gasteiger partial charge in [-0.15, -0.1) is 0 Å². The van der Waals surface area contributed by atoms with Crippen LogP contribution in [0.25, 0.3) is 10.5 Å². The molecule has 0 aromatic heterocycles. The maximum Gasteiger partial charge on any atom is 0.311 e. The second kappa shape index (κ2) is 11.5. The Bertz CT molecular complexity index is 974. The normalized spacial score (nSPS) is 12.2. The summed E-state index contributed by atoms with van der Waals surface area (Å²) in [7, 11) is 1.33. The number of rotatable bonds is 10. The van der Waals surface area contributed by atoms with Gasteiger partial charge in [-0.2, -0.15) is 10.5 Å². The molecule has 32 heavy (non-hydrogen) atoms. The zero-order valence-corrected chi connectivity index (χ0v) is 19.0. The van der Waals surface area contributed by atoms with Gasteiger partial charge in [-0.25, -0.2) is 4.85 Å². The summed E-state index contributed by atoms with van der Waals surface area (Å²) in [6, 6.07) is 9.76. The van der Waals surface area contributed by atoms with E-state index in [0.29, 0.717) is 17.7 Å². The first kappa shape index (κ1) is 26.2. The highest BCUT2D eigenvalue weighted by Crippen LogP contribution is 2.38. The van der Waals surface area contributed by atoms with E-state index < -0.39 is 16.8 Å². The van der Waals surface area contributed by atoms with Gasteiger partial charge < -0.3 is 14.2 Å². The third-order valence-corrected chi connectivity index (χ3v) is 5.13. The fourth-order valence-corrected chi connectivity index (χ4v) is 3.23. The van der Waals surface area contributed by atoms with Crippen molar-refractivity contribution in [3.63, 3.8) is 0 Å². The lowest BCUT2D eigenvalue weighted by atomic mass is 9.72. The second-order valence-corrected chi connectivity index (χ2v) is 8.03. The summed E-state index contributed by atoms with van der Waals surface area (Å²) in [5, 5.41) is 17.9. The number of allylic oxidation sites excluding steroid dienone is 1. The van der Waals surface area contributed by atoms with E-state index in [0.717, 1.165) is 0 Å². The standard InChI is InChI=1S/C24H27N3O5/c1-7-24(4,22(29)30-6)16-23(2,3)21(28)32-13-12-31-19-10-8-17(9-11-19)20(27-5)18(14-25)15-26/h8-11H,7,12-13,16H2,1-4,6H3. The van der Waals surface area contributed by atoms with Crippen molar-refractivity contribution in [1.29, 1.82) is 10.5 Å². The zero-order chi connectivity index (χ0) is 24.4. The van der Waals surface area contributed by atoms with Crippen molar-refractivity contribution in [1.82, 2.24) is 0 Å². The smallest absolute Gasteiger partial charge is 0.311 e. The first-order chi connectivity index (χ1) is 15.1. The van der Waals surface area contributed by atoms with Gasteiger partial charge in [-0.3, -0.25) is 9.59 Å². The number of ether oxygens (including phenoxy) is 3. The molecule has 168 valence electrons. The van der Waals surface area contributed by atoms with Crippen LogP contribution in [0.3, 0.4) is 0 Å². The van der Waals surface area contributed by atoms with Gasteiger partial charge in [0.2, 0.25) is 5.70 Å². The summed E-state index contributed by atoms with van der Waals surface area (Å²) >= 11 is 0. The number of carbonyl (C=O) groups is 2. The molecule has 0 heterocycles. The number of methoxy groups -OCH3 is 1. The Kier molecular flexibility index (Phi) is 9.44. The molecule has 0 N–H and O–H groups in total. The number of nitriles is 2. The molecule has 8 heteroatoms. The largest absolute Gasteiger partial charge is 0.490 e. The number of nitrogens with zero attached hydrogens (tertiary/aromatic N) is 3. The number of benzene rings is 1.